The van der Waals surface area contributed by atoms with Crippen molar-refractivity contribution in [3.8, 4) is 16.3 Å². The topological polar surface area (TPSA) is 39.2 Å². The van der Waals surface area contributed by atoms with Gasteiger partial charge in [-0.2, -0.15) is 0 Å². The van der Waals surface area contributed by atoms with E-state index < -0.39 is 0 Å². The average Bonchev–Trinajstić information content (AvgIpc) is 2.95. The molecule has 24 heavy (non-hydrogen) atoms. The Bertz CT molecular complexity index is 851. The largest absolute Gasteiger partial charge is 0.426 e. The van der Waals surface area contributed by atoms with E-state index in [0.717, 1.165) is 21.7 Å². The van der Waals surface area contributed by atoms with Crippen LogP contribution in [0.1, 0.15) is 16.8 Å². The predicted molar refractivity (Wildman–Crippen MR) is 92.8 cm³/mol. The lowest BCUT2D eigenvalue weighted by Gasteiger charge is -2.05. The van der Waals surface area contributed by atoms with E-state index in [9.17, 15) is 9.18 Å². The highest BCUT2D eigenvalue weighted by molar-refractivity contribution is 7.13. The van der Waals surface area contributed by atoms with E-state index >= 15 is 0 Å². The molecular weight excluding hydrogens is 325 g/mol. The third-order valence-electron chi connectivity index (χ3n) is 3.40. The van der Waals surface area contributed by atoms with Gasteiger partial charge in [0.05, 0.1) is 12.1 Å². The van der Waals surface area contributed by atoms with Gasteiger partial charge in [0.1, 0.15) is 16.6 Å². The number of nitrogens with zero attached hydrogens (tertiary/aromatic N) is 1. The number of rotatable bonds is 4. The first-order valence-corrected chi connectivity index (χ1v) is 8.37. The smallest absolute Gasteiger partial charge is 0.317 e. The number of benzene rings is 2. The van der Waals surface area contributed by atoms with Crippen molar-refractivity contribution in [1.82, 2.24) is 4.98 Å². The Morgan fingerprint density at radius 1 is 1.12 bits per heavy atom. The first-order valence-electron chi connectivity index (χ1n) is 7.49. The zero-order valence-corrected chi connectivity index (χ0v) is 14.2. The SMILES string of the molecule is Cc1cc(C)cc(OC(=O)Cc2csc(-c3ccc(F)cc3)n2)c1. The molecule has 3 rings (SSSR count). The number of hydrogen-bond acceptors (Lipinski definition) is 4. The minimum absolute atomic E-state index is 0.102. The highest BCUT2D eigenvalue weighted by Gasteiger charge is 2.11. The molecule has 0 atom stereocenters. The zero-order valence-electron chi connectivity index (χ0n) is 13.4. The Kier molecular flexibility index (Phi) is 4.71. The van der Waals surface area contributed by atoms with Crippen LogP contribution in [0.5, 0.6) is 5.75 Å². The molecule has 2 aromatic carbocycles. The average molecular weight is 341 g/mol. The van der Waals surface area contributed by atoms with Crippen LogP contribution in [0.3, 0.4) is 0 Å². The van der Waals surface area contributed by atoms with E-state index in [0.29, 0.717) is 11.4 Å². The van der Waals surface area contributed by atoms with Gasteiger partial charge in [-0.3, -0.25) is 4.79 Å². The maximum Gasteiger partial charge on any atom is 0.317 e. The van der Waals surface area contributed by atoms with Gasteiger partial charge in [-0.1, -0.05) is 6.07 Å². The van der Waals surface area contributed by atoms with Gasteiger partial charge in [-0.05, 0) is 61.4 Å². The highest BCUT2D eigenvalue weighted by Crippen LogP contribution is 2.24. The minimum Gasteiger partial charge on any atom is -0.426 e. The Hall–Kier alpha value is -2.53. The Morgan fingerprint density at radius 2 is 1.79 bits per heavy atom. The standard InChI is InChI=1S/C19H16FNO2S/c1-12-7-13(2)9-17(8-12)23-18(22)10-16-11-24-19(21-16)14-3-5-15(20)6-4-14/h3-9,11H,10H2,1-2H3. The van der Waals surface area contributed by atoms with Gasteiger partial charge in [0.2, 0.25) is 0 Å². The van der Waals surface area contributed by atoms with Crippen molar-refractivity contribution in [2.24, 2.45) is 0 Å². The molecule has 3 aromatic rings. The summed E-state index contributed by atoms with van der Waals surface area (Å²) in [5, 5.41) is 2.57. The second-order valence-electron chi connectivity index (χ2n) is 5.63. The number of halogens is 1. The van der Waals surface area contributed by atoms with Crippen molar-refractivity contribution in [3.05, 3.63) is 70.5 Å². The first-order chi connectivity index (χ1) is 11.5. The van der Waals surface area contributed by atoms with Crippen LogP contribution in [0.2, 0.25) is 0 Å². The van der Waals surface area contributed by atoms with Crippen LogP contribution in [0.4, 0.5) is 4.39 Å². The van der Waals surface area contributed by atoms with Crippen LogP contribution in [-0.4, -0.2) is 11.0 Å². The maximum absolute atomic E-state index is 13.0. The summed E-state index contributed by atoms with van der Waals surface area (Å²) >= 11 is 1.42. The van der Waals surface area contributed by atoms with Crippen LogP contribution in [0.25, 0.3) is 10.6 Å². The number of esters is 1. The summed E-state index contributed by atoms with van der Waals surface area (Å²) in [5.74, 6) is -0.0880. The molecule has 0 radical (unpaired) electrons. The molecule has 0 spiro atoms. The zero-order chi connectivity index (χ0) is 17.1. The molecule has 3 nitrogen and oxygen atoms in total. The molecular formula is C19H16FNO2S. The van der Waals surface area contributed by atoms with Crippen molar-refractivity contribution < 1.29 is 13.9 Å². The van der Waals surface area contributed by atoms with Gasteiger partial charge in [-0.15, -0.1) is 11.3 Å². The molecule has 0 bridgehead atoms. The van der Waals surface area contributed by atoms with E-state index in [1.54, 1.807) is 12.1 Å². The summed E-state index contributed by atoms with van der Waals surface area (Å²) in [6, 6.07) is 11.8. The predicted octanol–water partition coefficient (Wildman–Crippen LogP) is 4.71. The van der Waals surface area contributed by atoms with Gasteiger partial charge in [-0.25, -0.2) is 9.37 Å². The normalized spacial score (nSPS) is 10.6. The number of hydrogen-bond donors (Lipinski definition) is 0. The number of thiazole rings is 1. The molecule has 0 amide bonds. The highest BCUT2D eigenvalue weighted by atomic mass is 32.1. The maximum atomic E-state index is 13.0. The lowest BCUT2D eigenvalue weighted by molar-refractivity contribution is -0.133. The Labute approximate surface area is 143 Å². The summed E-state index contributed by atoms with van der Waals surface area (Å²) in [7, 11) is 0. The lowest BCUT2D eigenvalue weighted by atomic mass is 10.1. The van der Waals surface area contributed by atoms with Gasteiger partial charge in [0, 0.05) is 10.9 Å². The van der Waals surface area contributed by atoms with Crippen molar-refractivity contribution in [2.75, 3.05) is 0 Å². The van der Waals surface area contributed by atoms with E-state index in [1.807, 2.05) is 37.4 Å². The molecule has 0 unspecified atom stereocenters. The van der Waals surface area contributed by atoms with Gasteiger partial charge >= 0.3 is 5.97 Å². The van der Waals surface area contributed by atoms with Crippen molar-refractivity contribution in [2.45, 2.75) is 20.3 Å². The molecule has 0 N–H and O–H groups in total. The molecule has 0 aliphatic heterocycles. The second-order valence-corrected chi connectivity index (χ2v) is 6.48. The molecule has 5 heteroatoms. The third kappa shape index (κ3) is 4.06. The van der Waals surface area contributed by atoms with E-state index in [1.165, 1.54) is 23.5 Å². The monoisotopic (exact) mass is 341 g/mol. The van der Waals surface area contributed by atoms with Crippen LogP contribution < -0.4 is 4.74 Å². The number of carbonyl (C=O) groups excluding carboxylic acids is 1. The molecule has 0 fully saturated rings. The minimum atomic E-state index is -0.351. The second kappa shape index (κ2) is 6.93. The lowest BCUT2D eigenvalue weighted by Crippen LogP contribution is -2.11. The molecule has 0 aliphatic rings. The molecule has 0 saturated carbocycles. The molecule has 122 valence electrons. The Balaban J connectivity index is 1.68. The van der Waals surface area contributed by atoms with Crippen molar-refractivity contribution >= 4 is 17.3 Å². The van der Waals surface area contributed by atoms with Crippen LogP contribution in [0, 0.1) is 19.7 Å². The summed E-state index contributed by atoms with van der Waals surface area (Å²) in [4.78, 5) is 16.5. The van der Waals surface area contributed by atoms with E-state index in [-0.39, 0.29) is 18.2 Å². The molecule has 1 aromatic heterocycles. The number of aryl methyl sites for hydroxylation is 2. The fourth-order valence-electron chi connectivity index (χ4n) is 2.42. The third-order valence-corrected chi connectivity index (χ3v) is 4.34. The van der Waals surface area contributed by atoms with Crippen LogP contribution in [-0.2, 0) is 11.2 Å². The number of aromatic nitrogens is 1. The first kappa shape index (κ1) is 16.3. The summed E-state index contributed by atoms with van der Waals surface area (Å²) in [6.07, 6.45) is 0.102. The van der Waals surface area contributed by atoms with Gasteiger partial charge in [0.15, 0.2) is 0 Å². The molecule has 1 heterocycles. The summed E-state index contributed by atoms with van der Waals surface area (Å²) < 4.78 is 18.4. The molecule has 0 aliphatic carbocycles. The summed E-state index contributed by atoms with van der Waals surface area (Å²) in [5.41, 5.74) is 3.57. The van der Waals surface area contributed by atoms with E-state index in [2.05, 4.69) is 4.98 Å². The fourth-order valence-corrected chi connectivity index (χ4v) is 3.25. The van der Waals surface area contributed by atoms with Crippen LogP contribution in [0.15, 0.2) is 47.8 Å². The van der Waals surface area contributed by atoms with Crippen molar-refractivity contribution in [3.63, 3.8) is 0 Å². The quantitative estimate of drug-likeness (QED) is 0.509. The Morgan fingerprint density at radius 3 is 2.46 bits per heavy atom. The summed E-state index contributed by atoms with van der Waals surface area (Å²) in [6.45, 7) is 3.92. The van der Waals surface area contributed by atoms with Gasteiger partial charge < -0.3 is 4.74 Å². The van der Waals surface area contributed by atoms with E-state index in [4.69, 9.17) is 4.74 Å². The molecule has 0 saturated heterocycles. The van der Waals surface area contributed by atoms with Crippen molar-refractivity contribution in [1.29, 1.82) is 0 Å². The number of carbonyl (C=O) groups is 1. The fraction of sp³-hybridized carbons (Fsp3) is 0.158. The van der Waals surface area contributed by atoms with Gasteiger partial charge in [0.25, 0.3) is 0 Å². The van der Waals surface area contributed by atoms with Crippen LogP contribution >= 0.6 is 11.3 Å². The number of ether oxygens (including phenoxy) is 1.